The third kappa shape index (κ3) is 3.67. The average molecular weight is 337 g/mol. The van der Waals surface area contributed by atoms with Crippen LogP contribution in [0.5, 0.6) is 0 Å². The molecule has 6 heteroatoms. The Kier molecular flexibility index (Phi) is 5.00. The fraction of sp³-hybridized carbons (Fsp3) is 0.412. The molecule has 0 bridgehead atoms. The lowest BCUT2D eigenvalue weighted by Crippen LogP contribution is -2.45. The van der Waals surface area contributed by atoms with E-state index in [9.17, 15) is 9.59 Å². The molecule has 1 atom stereocenters. The van der Waals surface area contributed by atoms with Crippen LogP contribution in [-0.4, -0.2) is 17.9 Å². The number of halogens is 1. The summed E-state index contributed by atoms with van der Waals surface area (Å²) in [7, 11) is 0. The molecule has 0 spiro atoms. The Morgan fingerprint density at radius 3 is 2.52 bits per heavy atom. The Hall–Kier alpha value is -2.01. The number of primary amides is 1. The number of aryl methyl sites for hydroxylation is 2. The summed E-state index contributed by atoms with van der Waals surface area (Å²) in [6.45, 7) is 7.62. The van der Waals surface area contributed by atoms with Gasteiger partial charge in [-0.05, 0) is 43.9 Å². The first kappa shape index (κ1) is 17.3. The van der Waals surface area contributed by atoms with Gasteiger partial charge in [0.2, 0.25) is 5.91 Å². The first-order valence-corrected chi connectivity index (χ1v) is 7.88. The molecule has 0 unspecified atom stereocenters. The lowest BCUT2D eigenvalue weighted by molar-refractivity contribution is -0.120. The molecule has 0 radical (unpaired) electrons. The van der Waals surface area contributed by atoms with Gasteiger partial charge >= 0.3 is 0 Å². The molecule has 124 valence electrons. The van der Waals surface area contributed by atoms with E-state index >= 15 is 0 Å². The molecule has 2 amide bonds. The van der Waals surface area contributed by atoms with Crippen molar-refractivity contribution in [1.82, 2.24) is 5.32 Å². The van der Waals surface area contributed by atoms with Crippen molar-refractivity contribution < 1.29 is 14.0 Å². The topological polar surface area (TPSA) is 85.3 Å². The van der Waals surface area contributed by atoms with E-state index in [-0.39, 0.29) is 11.7 Å². The van der Waals surface area contributed by atoms with Crippen molar-refractivity contribution in [1.29, 1.82) is 0 Å². The van der Waals surface area contributed by atoms with Gasteiger partial charge in [-0.1, -0.05) is 25.4 Å². The minimum absolute atomic E-state index is 0.155. The lowest BCUT2D eigenvalue weighted by Gasteiger charge is -2.16. The highest BCUT2D eigenvalue weighted by molar-refractivity contribution is 6.35. The molecule has 0 saturated carbocycles. The van der Waals surface area contributed by atoms with Crippen LogP contribution in [0.4, 0.5) is 0 Å². The Morgan fingerprint density at radius 2 is 1.96 bits per heavy atom. The van der Waals surface area contributed by atoms with Gasteiger partial charge in [0.05, 0.1) is 5.02 Å². The van der Waals surface area contributed by atoms with Crippen LogP contribution in [0.25, 0.3) is 11.0 Å². The Labute approximate surface area is 140 Å². The molecule has 1 aromatic carbocycles. The van der Waals surface area contributed by atoms with Gasteiger partial charge in [0.25, 0.3) is 5.91 Å². The minimum Gasteiger partial charge on any atom is -0.449 e. The number of rotatable bonds is 5. The molecule has 0 aliphatic heterocycles. The second-order valence-corrected chi connectivity index (χ2v) is 6.64. The van der Waals surface area contributed by atoms with Crippen LogP contribution in [0.1, 0.15) is 41.9 Å². The normalized spacial score (nSPS) is 12.6. The molecule has 1 aromatic heterocycles. The molecule has 3 N–H and O–H groups in total. The van der Waals surface area contributed by atoms with Crippen LogP contribution in [0.2, 0.25) is 5.02 Å². The third-order valence-corrected chi connectivity index (χ3v) is 3.98. The van der Waals surface area contributed by atoms with E-state index in [2.05, 4.69) is 5.32 Å². The number of amides is 2. The zero-order chi connectivity index (χ0) is 17.3. The summed E-state index contributed by atoms with van der Waals surface area (Å²) in [6.07, 6.45) is 0.472. The number of hydrogen-bond donors (Lipinski definition) is 2. The Balaban J connectivity index is 2.36. The quantitative estimate of drug-likeness (QED) is 0.878. The number of nitrogens with two attached hydrogens (primary N) is 1. The number of benzene rings is 1. The standard InChI is InChI=1S/C17H21ClN2O3/c1-8(2)5-13(16(19)21)20-17(22)14-10(4)11-6-9(3)7-12(18)15(11)23-14/h6-8,13H,5H2,1-4H3,(H2,19,21)(H,20,22)/t13-/m0/s1. The molecule has 2 rings (SSSR count). The molecule has 0 aliphatic carbocycles. The summed E-state index contributed by atoms with van der Waals surface area (Å²) in [5.74, 6) is -0.643. The van der Waals surface area contributed by atoms with Crippen molar-refractivity contribution >= 4 is 34.4 Å². The van der Waals surface area contributed by atoms with Crippen LogP contribution in [0, 0.1) is 19.8 Å². The number of nitrogens with one attached hydrogen (secondary N) is 1. The van der Waals surface area contributed by atoms with Crippen LogP contribution >= 0.6 is 11.6 Å². The number of hydrogen-bond acceptors (Lipinski definition) is 3. The predicted molar refractivity (Wildman–Crippen MR) is 90.6 cm³/mol. The van der Waals surface area contributed by atoms with Gasteiger partial charge in [-0.25, -0.2) is 0 Å². The molecule has 2 aromatic rings. The fourth-order valence-electron chi connectivity index (χ4n) is 2.57. The summed E-state index contributed by atoms with van der Waals surface area (Å²) in [4.78, 5) is 24.0. The van der Waals surface area contributed by atoms with E-state index in [4.69, 9.17) is 21.8 Å². The van der Waals surface area contributed by atoms with Crippen molar-refractivity contribution in [2.45, 2.75) is 40.2 Å². The molecule has 0 saturated heterocycles. The van der Waals surface area contributed by atoms with E-state index in [0.717, 1.165) is 10.9 Å². The van der Waals surface area contributed by atoms with Crippen LogP contribution in [0.15, 0.2) is 16.5 Å². The van der Waals surface area contributed by atoms with E-state index in [1.54, 1.807) is 13.0 Å². The van der Waals surface area contributed by atoms with Gasteiger partial charge in [0.1, 0.15) is 6.04 Å². The zero-order valence-electron chi connectivity index (χ0n) is 13.7. The summed E-state index contributed by atoms with van der Waals surface area (Å²) in [5.41, 5.74) is 7.51. The van der Waals surface area contributed by atoms with Crippen molar-refractivity contribution in [2.75, 3.05) is 0 Å². The van der Waals surface area contributed by atoms with Gasteiger partial charge in [-0.2, -0.15) is 0 Å². The minimum atomic E-state index is -0.729. The van der Waals surface area contributed by atoms with Crippen molar-refractivity contribution in [3.63, 3.8) is 0 Å². The van der Waals surface area contributed by atoms with E-state index < -0.39 is 17.9 Å². The zero-order valence-corrected chi connectivity index (χ0v) is 14.5. The van der Waals surface area contributed by atoms with Crippen LogP contribution < -0.4 is 11.1 Å². The fourth-order valence-corrected chi connectivity index (χ4v) is 2.88. The molecular formula is C17H21ClN2O3. The van der Waals surface area contributed by atoms with Gasteiger partial charge in [0, 0.05) is 10.9 Å². The number of fused-ring (bicyclic) bond motifs is 1. The first-order chi connectivity index (χ1) is 10.7. The van der Waals surface area contributed by atoms with E-state index in [1.165, 1.54) is 0 Å². The highest BCUT2D eigenvalue weighted by Crippen LogP contribution is 2.32. The Morgan fingerprint density at radius 1 is 1.30 bits per heavy atom. The van der Waals surface area contributed by atoms with Crippen molar-refractivity contribution in [2.24, 2.45) is 11.7 Å². The van der Waals surface area contributed by atoms with E-state index in [1.807, 2.05) is 26.8 Å². The highest BCUT2D eigenvalue weighted by Gasteiger charge is 2.24. The van der Waals surface area contributed by atoms with Gasteiger partial charge < -0.3 is 15.5 Å². The second kappa shape index (κ2) is 6.62. The SMILES string of the molecule is Cc1cc(Cl)c2oc(C(=O)N[C@@H](CC(C)C)C(N)=O)c(C)c2c1. The summed E-state index contributed by atoms with van der Waals surface area (Å²) >= 11 is 6.18. The average Bonchev–Trinajstić information content (AvgIpc) is 2.75. The predicted octanol–water partition coefficient (Wildman–Crippen LogP) is 3.33. The maximum Gasteiger partial charge on any atom is 0.287 e. The molecule has 1 heterocycles. The smallest absolute Gasteiger partial charge is 0.287 e. The van der Waals surface area contributed by atoms with Crippen molar-refractivity contribution in [3.05, 3.63) is 34.0 Å². The van der Waals surface area contributed by atoms with Gasteiger partial charge in [-0.3, -0.25) is 9.59 Å². The van der Waals surface area contributed by atoms with Gasteiger partial charge in [-0.15, -0.1) is 0 Å². The largest absolute Gasteiger partial charge is 0.449 e. The molecular weight excluding hydrogens is 316 g/mol. The van der Waals surface area contributed by atoms with Gasteiger partial charge in [0.15, 0.2) is 11.3 Å². The van der Waals surface area contributed by atoms with Crippen molar-refractivity contribution in [3.8, 4) is 0 Å². The van der Waals surface area contributed by atoms with E-state index in [0.29, 0.717) is 22.6 Å². The second-order valence-electron chi connectivity index (χ2n) is 6.24. The lowest BCUT2D eigenvalue weighted by atomic mass is 10.0. The maximum atomic E-state index is 12.5. The molecule has 23 heavy (non-hydrogen) atoms. The number of carbonyl (C=O) groups excluding carboxylic acids is 2. The summed E-state index contributed by atoms with van der Waals surface area (Å²) in [6, 6.07) is 2.96. The molecule has 0 aliphatic rings. The third-order valence-electron chi connectivity index (χ3n) is 3.70. The van der Waals surface area contributed by atoms with Crippen LogP contribution in [0.3, 0.4) is 0 Å². The summed E-state index contributed by atoms with van der Waals surface area (Å²) < 4.78 is 5.64. The molecule has 5 nitrogen and oxygen atoms in total. The number of furan rings is 1. The molecule has 0 fully saturated rings. The number of carbonyl (C=O) groups is 2. The Bertz CT molecular complexity index is 765. The highest BCUT2D eigenvalue weighted by atomic mass is 35.5. The van der Waals surface area contributed by atoms with Crippen LogP contribution in [-0.2, 0) is 4.79 Å². The maximum absolute atomic E-state index is 12.5. The monoisotopic (exact) mass is 336 g/mol. The first-order valence-electron chi connectivity index (χ1n) is 7.50. The summed E-state index contributed by atoms with van der Waals surface area (Å²) in [5, 5.41) is 3.90.